The van der Waals surface area contributed by atoms with Crippen molar-refractivity contribution in [3.05, 3.63) is 58.0 Å². The minimum absolute atomic E-state index is 0.155. The topological polar surface area (TPSA) is 74.8 Å². The minimum Gasteiger partial charge on any atom is -0.316 e. The van der Waals surface area contributed by atoms with Crippen molar-refractivity contribution in [3.63, 3.8) is 0 Å². The largest absolute Gasteiger partial charge is 0.316 e. The van der Waals surface area contributed by atoms with E-state index in [4.69, 9.17) is 0 Å². The average Bonchev–Trinajstić information content (AvgIpc) is 2.34. The highest BCUT2D eigenvalue weighted by atomic mass is 19.1. The molecule has 0 atom stereocenters. The second kappa shape index (κ2) is 4.74. The summed E-state index contributed by atoms with van der Waals surface area (Å²) in [6, 6.07) is 5.43. The summed E-state index contributed by atoms with van der Waals surface area (Å²) in [5.74, 6) is -2.62. The van der Waals surface area contributed by atoms with Crippen LogP contribution in [-0.2, 0) is 0 Å². The van der Waals surface area contributed by atoms with Gasteiger partial charge in [-0.25, -0.2) is 13.9 Å². The molecule has 18 heavy (non-hydrogen) atoms. The number of rotatable bonds is 2. The van der Waals surface area contributed by atoms with Crippen LogP contribution in [0.2, 0.25) is 0 Å². The van der Waals surface area contributed by atoms with E-state index >= 15 is 0 Å². The van der Waals surface area contributed by atoms with Crippen molar-refractivity contribution < 1.29 is 13.6 Å². The summed E-state index contributed by atoms with van der Waals surface area (Å²) >= 11 is 0. The Hall–Kier alpha value is -2.57. The summed E-state index contributed by atoms with van der Waals surface area (Å²) in [6.45, 7) is 0. The van der Waals surface area contributed by atoms with Crippen LogP contribution in [0.4, 0.5) is 14.5 Å². The molecule has 1 amide bonds. The lowest BCUT2D eigenvalue weighted by Gasteiger charge is -2.06. The van der Waals surface area contributed by atoms with Gasteiger partial charge in [0.2, 0.25) is 0 Å². The fourth-order valence-corrected chi connectivity index (χ4v) is 1.27. The first kappa shape index (κ1) is 11.9. The standard InChI is InChI=1S/C11H7F2N3O2/c12-6-2-1-3-7(13)10(6)14-11(18)8-4-5-9(17)16-15-8/h1-5H,(H,14,18)(H,16,17). The number of para-hydroxylation sites is 1. The monoisotopic (exact) mass is 251 g/mol. The Morgan fingerprint density at radius 2 is 1.83 bits per heavy atom. The molecule has 1 aromatic heterocycles. The molecule has 0 unspecified atom stereocenters. The van der Waals surface area contributed by atoms with Crippen molar-refractivity contribution in [3.8, 4) is 0 Å². The molecule has 0 aliphatic rings. The highest BCUT2D eigenvalue weighted by Crippen LogP contribution is 2.18. The summed E-state index contributed by atoms with van der Waals surface area (Å²) in [6.07, 6.45) is 0. The van der Waals surface area contributed by atoms with Crippen LogP contribution in [0, 0.1) is 11.6 Å². The third-order valence-electron chi connectivity index (χ3n) is 2.11. The van der Waals surface area contributed by atoms with Crippen LogP contribution in [0.1, 0.15) is 10.5 Å². The zero-order valence-corrected chi connectivity index (χ0v) is 8.91. The number of hydrogen-bond donors (Lipinski definition) is 2. The Morgan fingerprint density at radius 1 is 1.17 bits per heavy atom. The van der Waals surface area contributed by atoms with Gasteiger partial charge in [0.25, 0.3) is 11.5 Å². The maximum Gasteiger partial charge on any atom is 0.276 e. The molecule has 0 saturated carbocycles. The number of halogens is 2. The van der Waals surface area contributed by atoms with E-state index in [1.807, 2.05) is 10.4 Å². The number of carbonyl (C=O) groups is 1. The van der Waals surface area contributed by atoms with E-state index in [0.29, 0.717) is 0 Å². The molecule has 0 spiro atoms. The number of anilines is 1. The average molecular weight is 251 g/mol. The molecule has 92 valence electrons. The Balaban J connectivity index is 2.27. The molecule has 1 aromatic carbocycles. The van der Waals surface area contributed by atoms with Crippen LogP contribution in [-0.4, -0.2) is 16.1 Å². The Labute approximate surface area is 99.5 Å². The molecule has 0 fully saturated rings. The second-order valence-corrected chi connectivity index (χ2v) is 3.36. The van der Waals surface area contributed by atoms with Gasteiger partial charge in [0, 0.05) is 6.07 Å². The summed E-state index contributed by atoms with van der Waals surface area (Å²) < 4.78 is 26.5. The van der Waals surface area contributed by atoms with Gasteiger partial charge in [-0.2, -0.15) is 5.10 Å². The maximum absolute atomic E-state index is 13.3. The van der Waals surface area contributed by atoms with Crippen LogP contribution in [0.25, 0.3) is 0 Å². The molecule has 2 aromatic rings. The molecule has 0 aliphatic carbocycles. The van der Waals surface area contributed by atoms with E-state index in [1.165, 1.54) is 6.07 Å². The van der Waals surface area contributed by atoms with Gasteiger partial charge in [-0.05, 0) is 18.2 Å². The molecular formula is C11H7F2N3O2. The van der Waals surface area contributed by atoms with E-state index < -0.39 is 28.8 Å². The maximum atomic E-state index is 13.3. The summed E-state index contributed by atoms with van der Waals surface area (Å²) in [5.41, 5.74) is -1.20. The van der Waals surface area contributed by atoms with E-state index in [1.54, 1.807) is 0 Å². The zero-order valence-electron chi connectivity index (χ0n) is 8.91. The zero-order chi connectivity index (χ0) is 13.1. The SMILES string of the molecule is O=C(Nc1c(F)cccc1F)c1ccc(=O)[nH]n1. The predicted octanol–water partition coefficient (Wildman–Crippen LogP) is 1.30. The van der Waals surface area contributed by atoms with Crippen molar-refractivity contribution in [1.82, 2.24) is 10.2 Å². The first-order valence-corrected chi connectivity index (χ1v) is 4.89. The van der Waals surface area contributed by atoms with Gasteiger partial charge in [-0.3, -0.25) is 9.59 Å². The van der Waals surface area contributed by atoms with Crippen molar-refractivity contribution >= 4 is 11.6 Å². The summed E-state index contributed by atoms with van der Waals surface area (Å²) in [7, 11) is 0. The van der Waals surface area contributed by atoms with Crippen LogP contribution in [0.5, 0.6) is 0 Å². The van der Waals surface area contributed by atoms with Crippen molar-refractivity contribution in [2.75, 3.05) is 5.32 Å². The molecule has 2 N–H and O–H groups in total. The number of aromatic amines is 1. The number of nitrogens with zero attached hydrogens (tertiary/aromatic N) is 1. The lowest BCUT2D eigenvalue weighted by atomic mass is 10.2. The number of nitrogens with one attached hydrogen (secondary N) is 2. The van der Waals surface area contributed by atoms with Gasteiger partial charge < -0.3 is 5.32 Å². The van der Waals surface area contributed by atoms with Crippen LogP contribution in [0.3, 0.4) is 0 Å². The minimum atomic E-state index is -0.896. The van der Waals surface area contributed by atoms with Gasteiger partial charge in [-0.15, -0.1) is 0 Å². The number of carbonyl (C=O) groups excluding carboxylic acids is 1. The molecule has 5 nitrogen and oxygen atoms in total. The lowest BCUT2D eigenvalue weighted by Crippen LogP contribution is -2.18. The fourth-order valence-electron chi connectivity index (χ4n) is 1.27. The van der Waals surface area contributed by atoms with E-state index in [0.717, 1.165) is 24.3 Å². The fraction of sp³-hybridized carbons (Fsp3) is 0. The van der Waals surface area contributed by atoms with Crippen LogP contribution in [0.15, 0.2) is 35.1 Å². The normalized spacial score (nSPS) is 10.1. The third kappa shape index (κ3) is 2.40. The van der Waals surface area contributed by atoms with Crippen molar-refractivity contribution in [2.45, 2.75) is 0 Å². The smallest absolute Gasteiger partial charge is 0.276 e. The van der Waals surface area contributed by atoms with Crippen molar-refractivity contribution in [2.24, 2.45) is 0 Å². The third-order valence-corrected chi connectivity index (χ3v) is 2.11. The number of amides is 1. The number of aromatic nitrogens is 2. The number of H-pyrrole nitrogens is 1. The predicted molar refractivity (Wildman–Crippen MR) is 59.2 cm³/mol. The van der Waals surface area contributed by atoms with E-state index in [2.05, 4.69) is 5.10 Å². The van der Waals surface area contributed by atoms with Crippen LogP contribution < -0.4 is 10.9 Å². The van der Waals surface area contributed by atoms with Gasteiger partial charge in [0.1, 0.15) is 23.0 Å². The molecule has 0 aliphatic heterocycles. The second-order valence-electron chi connectivity index (χ2n) is 3.36. The molecule has 1 heterocycles. The Kier molecular flexibility index (Phi) is 3.13. The first-order chi connectivity index (χ1) is 8.58. The van der Waals surface area contributed by atoms with Crippen LogP contribution >= 0.6 is 0 Å². The quantitative estimate of drug-likeness (QED) is 0.844. The van der Waals surface area contributed by atoms with Gasteiger partial charge in [-0.1, -0.05) is 6.07 Å². The van der Waals surface area contributed by atoms with Gasteiger partial charge in [0.05, 0.1) is 0 Å². The first-order valence-electron chi connectivity index (χ1n) is 4.89. The Bertz CT molecular complexity index is 614. The summed E-state index contributed by atoms with van der Waals surface area (Å²) in [4.78, 5) is 22.3. The van der Waals surface area contributed by atoms with E-state index in [-0.39, 0.29) is 5.69 Å². The molecule has 0 radical (unpaired) electrons. The molecule has 7 heteroatoms. The molecule has 0 bridgehead atoms. The van der Waals surface area contributed by atoms with E-state index in [9.17, 15) is 18.4 Å². The number of hydrogen-bond acceptors (Lipinski definition) is 3. The van der Waals surface area contributed by atoms with Crippen molar-refractivity contribution in [1.29, 1.82) is 0 Å². The Morgan fingerprint density at radius 3 is 2.39 bits per heavy atom. The molecule has 2 rings (SSSR count). The highest BCUT2D eigenvalue weighted by Gasteiger charge is 2.14. The lowest BCUT2D eigenvalue weighted by molar-refractivity contribution is 0.102. The van der Waals surface area contributed by atoms with Gasteiger partial charge in [0.15, 0.2) is 0 Å². The number of benzene rings is 1. The molecular weight excluding hydrogens is 244 g/mol. The highest BCUT2D eigenvalue weighted by molar-refractivity contribution is 6.02. The summed E-state index contributed by atoms with van der Waals surface area (Å²) in [5, 5.41) is 7.52. The van der Waals surface area contributed by atoms with Gasteiger partial charge >= 0.3 is 0 Å². The molecule has 0 saturated heterocycles.